The SMILES string of the molecule is COc1ccccc1OCCNS(=O)(=O)c1ccc(Br)cc1. The van der Waals surface area contributed by atoms with Gasteiger partial charge < -0.3 is 9.47 Å². The predicted octanol–water partition coefficient (Wildman–Crippen LogP) is 2.82. The number of nitrogens with one attached hydrogen (secondary N) is 1. The van der Waals surface area contributed by atoms with E-state index in [9.17, 15) is 8.42 Å². The van der Waals surface area contributed by atoms with E-state index in [1.807, 2.05) is 12.1 Å². The summed E-state index contributed by atoms with van der Waals surface area (Å²) in [5, 5.41) is 0. The summed E-state index contributed by atoms with van der Waals surface area (Å²) >= 11 is 3.27. The van der Waals surface area contributed by atoms with Crippen LogP contribution in [0, 0.1) is 0 Å². The van der Waals surface area contributed by atoms with Gasteiger partial charge in [-0.2, -0.15) is 0 Å². The van der Waals surface area contributed by atoms with E-state index < -0.39 is 10.0 Å². The third-order valence-electron chi connectivity index (χ3n) is 2.84. The summed E-state index contributed by atoms with van der Waals surface area (Å²) in [6, 6.07) is 13.6. The Hall–Kier alpha value is -1.57. The number of sulfonamides is 1. The number of hydrogen-bond donors (Lipinski definition) is 1. The smallest absolute Gasteiger partial charge is 0.240 e. The normalized spacial score (nSPS) is 11.2. The van der Waals surface area contributed by atoms with Crippen molar-refractivity contribution in [2.45, 2.75) is 4.90 Å². The minimum atomic E-state index is -3.53. The Bertz CT molecular complexity index is 717. The van der Waals surface area contributed by atoms with Gasteiger partial charge in [0.05, 0.1) is 12.0 Å². The van der Waals surface area contributed by atoms with Crippen molar-refractivity contribution >= 4 is 26.0 Å². The van der Waals surface area contributed by atoms with Crippen molar-refractivity contribution in [2.24, 2.45) is 0 Å². The van der Waals surface area contributed by atoms with Gasteiger partial charge >= 0.3 is 0 Å². The first kappa shape index (κ1) is 16.8. The van der Waals surface area contributed by atoms with E-state index in [0.717, 1.165) is 4.47 Å². The molecule has 0 amide bonds. The predicted molar refractivity (Wildman–Crippen MR) is 87.8 cm³/mol. The molecule has 7 heteroatoms. The fourth-order valence-corrected chi connectivity index (χ4v) is 3.05. The molecule has 0 unspecified atom stereocenters. The third kappa shape index (κ3) is 4.46. The van der Waals surface area contributed by atoms with E-state index in [-0.39, 0.29) is 18.0 Å². The van der Waals surface area contributed by atoms with Gasteiger partial charge in [-0.05, 0) is 36.4 Å². The summed E-state index contributed by atoms with van der Waals surface area (Å²) in [5.41, 5.74) is 0. The van der Waals surface area contributed by atoms with E-state index in [2.05, 4.69) is 20.7 Å². The summed E-state index contributed by atoms with van der Waals surface area (Å²) in [5.74, 6) is 1.19. The molecule has 0 heterocycles. The van der Waals surface area contributed by atoms with Crippen molar-refractivity contribution in [3.8, 4) is 11.5 Å². The zero-order valence-electron chi connectivity index (χ0n) is 12.0. The van der Waals surface area contributed by atoms with E-state index >= 15 is 0 Å². The number of hydrogen-bond acceptors (Lipinski definition) is 4. The standard InChI is InChI=1S/C15H16BrNO4S/c1-20-14-4-2-3-5-15(14)21-11-10-17-22(18,19)13-8-6-12(16)7-9-13/h2-9,17H,10-11H2,1H3. The van der Waals surface area contributed by atoms with Crippen molar-refractivity contribution in [3.63, 3.8) is 0 Å². The van der Waals surface area contributed by atoms with Gasteiger partial charge in [-0.1, -0.05) is 28.1 Å². The number of benzene rings is 2. The van der Waals surface area contributed by atoms with Gasteiger partial charge in [-0.25, -0.2) is 13.1 Å². The van der Waals surface area contributed by atoms with E-state index in [1.54, 1.807) is 31.4 Å². The van der Waals surface area contributed by atoms with Crippen molar-refractivity contribution in [1.29, 1.82) is 0 Å². The maximum Gasteiger partial charge on any atom is 0.240 e. The van der Waals surface area contributed by atoms with Crippen LogP contribution in [0.25, 0.3) is 0 Å². The average Bonchev–Trinajstić information content (AvgIpc) is 2.52. The van der Waals surface area contributed by atoms with Gasteiger partial charge in [-0.15, -0.1) is 0 Å². The Morgan fingerprint density at radius 2 is 1.68 bits per heavy atom. The Kier molecular flexibility index (Phi) is 5.82. The van der Waals surface area contributed by atoms with Crippen LogP contribution in [0.1, 0.15) is 0 Å². The lowest BCUT2D eigenvalue weighted by Gasteiger charge is -2.11. The van der Waals surface area contributed by atoms with Crippen LogP contribution in [0.5, 0.6) is 11.5 Å². The van der Waals surface area contributed by atoms with Crippen molar-refractivity contribution < 1.29 is 17.9 Å². The van der Waals surface area contributed by atoms with Crippen molar-refractivity contribution in [1.82, 2.24) is 4.72 Å². The first-order valence-electron chi connectivity index (χ1n) is 6.54. The summed E-state index contributed by atoms with van der Waals surface area (Å²) in [7, 11) is -1.98. The molecule has 22 heavy (non-hydrogen) atoms. The quantitative estimate of drug-likeness (QED) is 0.744. The zero-order chi connectivity index (χ0) is 16.0. The van der Waals surface area contributed by atoms with Gasteiger partial charge in [0.15, 0.2) is 11.5 Å². The van der Waals surface area contributed by atoms with Crippen LogP contribution >= 0.6 is 15.9 Å². The zero-order valence-corrected chi connectivity index (χ0v) is 14.4. The lowest BCUT2D eigenvalue weighted by atomic mass is 10.3. The molecule has 0 aliphatic heterocycles. The second-order valence-electron chi connectivity index (χ2n) is 4.35. The molecule has 118 valence electrons. The molecule has 2 aromatic rings. The summed E-state index contributed by atoms with van der Waals surface area (Å²) in [4.78, 5) is 0.216. The first-order valence-corrected chi connectivity index (χ1v) is 8.81. The molecule has 0 fully saturated rings. The van der Waals surface area contributed by atoms with Crippen LogP contribution in [0.15, 0.2) is 57.9 Å². The molecule has 0 aliphatic carbocycles. The fraction of sp³-hybridized carbons (Fsp3) is 0.200. The molecule has 0 spiro atoms. The number of methoxy groups -OCH3 is 1. The molecule has 2 rings (SSSR count). The van der Waals surface area contributed by atoms with E-state index in [0.29, 0.717) is 11.5 Å². The highest BCUT2D eigenvalue weighted by Crippen LogP contribution is 2.25. The summed E-state index contributed by atoms with van der Waals surface area (Å²) < 4.78 is 38.1. The minimum Gasteiger partial charge on any atom is -0.493 e. The van der Waals surface area contributed by atoms with Gasteiger partial charge in [-0.3, -0.25) is 0 Å². The molecular weight excluding hydrogens is 370 g/mol. The summed E-state index contributed by atoms with van der Waals surface area (Å²) in [6.45, 7) is 0.368. The van der Waals surface area contributed by atoms with Crippen molar-refractivity contribution in [2.75, 3.05) is 20.3 Å². The van der Waals surface area contributed by atoms with E-state index in [1.165, 1.54) is 12.1 Å². The van der Waals surface area contributed by atoms with Gasteiger partial charge in [0.2, 0.25) is 10.0 Å². The molecule has 0 bridgehead atoms. The molecule has 0 aliphatic rings. The Labute approximate surface area is 138 Å². The second-order valence-corrected chi connectivity index (χ2v) is 7.03. The maximum atomic E-state index is 12.1. The van der Waals surface area contributed by atoms with Crippen LogP contribution in [-0.4, -0.2) is 28.7 Å². The minimum absolute atomic E-state index is 0.163. The van der Waals surface area contributed by atoms with Crippen LogP contribution in [0.2, 0.25) is 0 Å². The molecule has 0 saturated heterocycles. The number of para-hydroxylation sites is 2. The number of rotatable bonds is 7. The number of halogens is 1. The highest BCUT2D eigenvalue weighted by molar-refractivity contribution is 9.10. The molecule has 0 atom stereocenters. The molecule has 1 N–H and O–H groups in total. The monoisotopic (exact) mass is 385 g/mol. The van der Waals surface area contributed by atoms with Crippen LogP contribution in [0.4, 0.5) is 0 Å². The van der Waals surface area contributed by atoms with Crippen molar-refractivity contribution in [3.05, 3.63) is 53.0 Å². The lowest BCUT2D eigenvalue weighted by molar-refractivity contribution is 0.299. The second kappa shape index (κ2) is 7.62. The fourth-order valence-electron chi connectivity index (χ4n) is 1.77. The third-order valence-corrected chi connectivity index (χ3v) is 4.85. The molecule has 0 radical (unpaired) electrons. The molecule has 2 aromatic carbocycles. The number of ether oxygens (including phenoxy) is 2. The highest BCUT2D eigenvalue weighted by Gasteiger charge is 2.13. The Morgan fingerprint density at radius 1 is 1.05 bits per heavy atom. The van der Waals surface area contributed by atoms with Crippen LogP contribution in [0.3, 0.4) is 0 Å². The highest BCUT2D eigenvalue weighted by atomic mass is 79.9. The molecular formula is C15H16BrNO4S. The van der Waals surface area contributed by atoms with Crippen LogP contribution < -0.4 is 14.2 Å². The maximum absolute atomic E-state index is 12.1. The lowest BCUT2D eigenvalue weighted by Crippen LogP contribution is -2.28. The summed E-state index contributed by atoms with van der Waals surface area (Å²) in [6.07, 6.45) is 0. The van der Waals surface area contributed by atoms with Gasteiger partial charge in [0.25, 0.3) is 0 Å². The first-order chi connectivity index (χ1) is 10.5. The largest absolute Gasteiger partial charge is 0.493 e. The molecule has 0 saturated carbocycles. The van der Waals surface area contributed by atoms with Crippen LogP contribution in [-0.2, 0) is 10.0 Å². The topological polar surface area (TPSA) is 64.6 Å². The van der Waals surface area contributed by atoms with Gasteiger partial charge in [0, 0.05) is 11.0 Å². The molecule has 5 nitrogen and oxygen atoms in total. The van der Waals surface area contributed by atoms with E-state index in [4.69, 9.17) is 9.47 Å². The Morgan fingerprint density at radius 3 is 2.32 bits per heavy atom. The molecule has 0 aromatic heterocycles. The Balaban J connectivity index is 1.89. The van der Waals surface area contributed by atoms with Gasteiger partial charge in [0.1, 0.15) is 6.61 Å². The average molecular weight is 386 g/mol.